The SMILES string of the molecule is CN(C)c1ccc([C@@H]2c3cccn3-c3ccccc3CN2C(=O)NC2CCCC2)cc1. The van der Waals surface area contributed by atoms with E-state index >= 15 is 0 Å². The maximum atomic E-state index is 13.6. The van der Waals surface area contributed by atoms with Crippen molar-refractivity contribution in [2.24, 2.45) is 0 Å². The van der Waals surface area contributed by atoms with Gasteiger partial charge in [0.1, 0.15) is 0 Å². The number of nitrogens with zero attached hydrogens (tertiary/aromatic N) is 3. The minimum Gasteiger partial charge on any atom is -0.378 e. The molecule has 1 aliphatic heterocycles. The molecule has 5 rings (SSSR count). The molecule has 2 amide bonds. The maximum Gasteiger partial charge on any atom is 0.318 e. The molecular formula is C26H30N4O. The molecule has 1 aromatic heterocycles. The Labute approximate surface area is 184 Å². The van der Waals surface area contributed by atoms with Crippen molar-refractivity contribution >= 4 is 11.7 Å². The van der Waals surface area contributed by atoms with Crippen molar-refractivity contribution in [3.63, 3.8) is 0 Å². The first-order chi connectivity index (χ1) is 15.1. The molecule has 1 aliphatic carbocycles. The number of carbonyl (C=O) groups is 1. The van der Waals surface area contributed by atoms with Crippen LogP contribution in [0.25, 0.3) is 5.69 Å². The minimum atomic E-state index is -0.153. The quantitative estimate of drug-likeness (QED) is 0.648. The number of aromatic nitrogens is 1. The lowest BCUT2D eigenvalue weighted by Gasteiger charge is -2.32. The first-order valence-corrected chi connectivity index (χ1v) is 11.2. The number of anilines is 1. The van der Waals surface area contributed by atoms with Gasteiger partial charge in [0.25, 0.3) is 0 Å². The van der Waals surface area contributed by atoms with E-state index in [0.717, 1.165) is 41.0 Å². The molecule has 0 spiro atoms. The zero-order chi connectivity index (χ0) is 21.4. The molecule has 0 saturated heterocycles. The van der Waals surface area contributed by atoms with Gasteiger partial charge in [-0.1, -0.05) is 43.2 Å². The fourth-order valence-corrected chi connectivity index (χ4v) is 4.97. The Hall–Kier alpha value is -3.21. The largest absolute Gasteiger partial charge is 0.378 e. The van der Waals surface area contributed by atoms with E-state index in [1.165, 1.54) is 12.8 Å². The number of hydrogen-bond donors (Lipinski definition) is 1. The van der Waals surface area contributed by atoms with E-state index in [4.69, 9.17) is 0 Å². The highest BCUT2D eigenvalue weighted by Gasteiger charge is 2.34. The van der Waals surface area contributed by atoms with Crippen LogP contribution in [0.1, 0.15) is 48.5 Å². The van der Waals surface area contributed by atoms with Gasteiger partial charge in [0.2, 0.25) is 0 Å². The standard InChI is InChI=1S/C26H30N4O/c1-28(2)22-15-13-19(14-16-22)25-24-12-7-17-29(24)23-11-6-3-8-20(23)18-30(25)26(31)27-21-9-4-5-10-21/h3,6-8,11-17,21,25H,4-5,9-10,18H2,1-2H3,(H,27,31)/t25-/m1/s1. The molecule has 31 heavy (non-hydrogen) atoms. The molecule has 2 heterocycles. The molecule has 3 aromatic rings. The van der Waals surface area contributed by atoms with Crippen molar-refractivity contribution in [1.29, 1.82) is 0 Å². The summed E-state index contributed by atoms with van der Waals surface area (Å²) < 4.78 is 2.24. The fraction of sp³-hybridized carbons (Fsp3) is 0.346. The summed E-state index contributed by atoms with van der Waals surface area (Å²) in [6, 6.07) is 21.4. The number of carbonyl (C=O) groups excluding carboxylic acids is 1. The maximum absolute atomic E-state index is 13.6. The summed E-state index contributed by atoms with van der Waals surface area (Å²) in [5.41, 5.74) is 5.70. The topological polar surface area (TPSA) is 40.5 Å². The number of para-hydroxylation sites is 1. The average molecular weight is 415 g/mol. The third kappa shape index (κ3) is 3.69. The average Bonchev–Trinajstić information content (AvgIpc) is 3.44. The smallest absolute Gasteiger partial charge is 0.318 e. The Morgan fingerprint density at radius 2 is 1.71 bits per heavy atom. The van der Waals surface area contributed by atoms with Crippen LogP contribution in [0.4, 0.5) is 10.5 Å². The highest BCUT2D eigenvalue weighted by atomic mass is 16.2. The Bertz CT molecular complexity index is 1060. The molecule has 1 atom stereocenters. The summed E-state index contributed by atoms with van der Waals surface area (Å²) in [5, 5.41) is 3.33. The van der Waals surface area contributed by atoms with Crippen molar-refractivity contribution in [2.75, 3.05) is 19.0 Å². The first-order valence-electron chi connectivity index (χ1n) is 11.2. The van der Waals surface area contributed by atoms with Crippen LogP contribution in [0.15, 0.2) is 66.9 Å². The molecule has 5 nitrogen and oxygen atoms in total. The Balaban J connectivity index is 1.60. The van der Waals surface area contributed by atoms with Gasteiger partial charge in [-0.2, -0.15) is 0 Å². The third-order valence-electron chi connectivity index (χ3n) is 6.63. The van der Waals surface area contributed by atoms with Crippen LogP contribution in [-0.4, -0.2) is 35.6 Å². The summed E-state index contributed by atoms with van der Waals surface area (Å²) in [7, 11) is 4.09. The Morgan fingerprint density at radius 1 is 0.968 bits per heavy atom. The Morgan fingerprint density at radius 3 is 2.45 bits per heavy atom. The molecule has 2 aliphatic rings. The zero-order valence-electron chi connectivity index (χ0n) is 18.3. The minimum absolute atomic E-state index is 0.0260. The molecule has 0 bridgehead atoms. The molecule has 1 fully saturated rings. The predicted molar refractivity (Wildman–Crippen MR) is 125 cm³/mol. The Kier molecular flexibility index (Phi) is 5.18. The molecule has 2 aromatic carbocycles. The molecule has 1 saturated carbocycles. The van der Waals surface area contributed by atoms with E-state index in [9.17, 15) is 4.79 Å². The van der Waals surface area contributed by atoms with Crippen LogP contribution in [-0.2, 0) is 6.54 Å². The monoisotopic (exact) mass is 414 g/mol. The number of urea groups is 1. The van der Waals surface area contributed by atoms with E-state index in [1.54, 1.807) is 0 Å². The van der Waals surface area contributed by atoms with Gasteiger partial charge in [0.05, 0.1) is 18.3 Å². The van der Waals surface area contributed by atoms with E-state index in [0.29, 0.717) is 6.54 Å². The van der Waals surface area contributed by atoms with Gasteiger partial charge in [-0.15, -0.1) is 0 Å². The van der Waals surface area contributed by atoms with Crippen LogP contribution in [0.5, 0.6) is 0 Å². The highest BCUT2D eigenvalue weighted by molar-refractivity contribution is 5.76. The van der Waals surface area contributed by atoms with Gasteiger partial charge < -0.3 is 19.7 Å². The van der Waals surface area contributed by atoms with Gasteiger partial charge in [-0.3, -0.25) is 0 Å². The molecule has 0 radical (unpaired) electrons. The summed E-state index contributed by atoms with van der Waals surface area (Å²) in [6.07, 6.45) is 6.66. The number of benzene rings is 2. The van der Waals surface area contributed by atoms with Crippen LogP contribution in [0.3, 0.4) is 0 Å². The summed E-state index contributed by atoms with van der Waals surface area (Å²) in [5.74, 6) is 0. The number of hydrogen-bond acceptors (Lipinski definition) is 2. The first kappa shape index (κ1) is 19.7. The van der Waals surface area contributed by atoms with Gasteiger partial charge >= 0.3 is 6.03 Å². The van der Waals surface area contributed by atoms with E-state index in [2.05, 4.69) is 81.6 Å². The lowest BCUT2D eigenvalue weighted by Crippen LogP contribution is -2.45. The zero-order valence-corrected chi connectivity index (χ0v) is 18.3. The predicted octanol–water partition coefficient (Wildman–Crippen LogP) is 5.10. The van der Waals surface area contributed by atoms with E-state index < -0.39 is 0 Å². The second-order valence-corrected chi connectivity index (χ2v) is 8.88. The fourth-order valence-electron chi connectivity index (χ4n) is 4.97. The second kappa shape index (κ2) is 8.14. The van der Waals surface area contributed by atoms with Crippen LogP contribution >= 0.6 is 0 Å². The van der Waals surface area contributed by atoms with Crippen molar-refractivity contribution < 1.29 is 4.79 Å². The molecular weight excluding hydrogens is 384 g/mol. The van der Waals surface area contributed by atoms with Crippen LogP contribution in [0.2, 0.25) is 0 Å². The lowest BCUT2D eigenvalue weighted by atomic mass is 10.0. The lowest BCUT2D eigenvalue weighted by molar-refractivity contribution is 0.176. The van der Waals surface area contributed by atoms with E-state index in [-0.39, 0.29) is 18.1 Å². The van der Waals surface area contributed by atoms with Crippen LogP contribution in [0, 0.1) is 0 Å². The number of nitrogens with one attached hydrogen (secondary N) is 1. The van der Waals surface area contributed by atoms with Gasteiger partial charge in [-0.25, -0.2) is 4.79 Å². The highest BCUT2D eigenvalue weighted by Crippen LogP contribution is 2.37. The van der Waals surface area contributed by atoms with Gasteiger partial charge in [-0.05, 0) is 54.3 Å². The summed E-state index contributed by atoms with van der Waals surface area (Å²) in [4.78, 5) is 17.7. The summed E-state index contributed by atoms with van der Waals surface area (Å²) >= 11 is 0. The van der Waals surface area contributed by atoms with Crippen molar-refractivity contribution in [2.45, 2.75) is 44.3 Å². The number of rotatable bonds is 3. The van der Waals surface area contributed by atoms with E-state index in [1.807, 2.05) is 19.0 Å². The van der Waals surface area contributed by atoms with Gasteiger partial charge in [0, 0.05) is 37.7 Å². The van der Waals surface area contributed by atoms with Crippen molar-refractivity contribution in [1.82, 2.24) is 14.8 Å². The second-order valence-electron chi connectivity index (χ2n) is 8.88. The summed E-state index contributed by atoms with van der Waals surface area (Å²) in [6.45, 7) is 0.580. The third-order valence-corrected chi connectivity index (χ3v) is 6.63. The number of fused-ring (bicyclic) bond motifs is 3. The molecule has 1 N–H and O–H groups in total. The normalized spacial score (nSPS) is 18.3. The van der Waals surface area contributed by atoms with Crippen LogP contribution < -0.4 is 10.2 Å². The van der Waals surface area contributed by atoms with Crippen molar-refractivity contribution in [3.05, 3.63) is 83.7 Å². The molecule has 5 heteroatoms. The molecule has 160 valence electrons. The van der Waals surface area contributed by atoms with Gasteiger partial charge in [0.15, 0.2) is 0 Å². The van der Waals surface area contributed by atoms with Crippen molar-refractivity contribution in [3.8, 4) is 5.69 Å². The molecule has 0 unspecified atom stereocenters. The number of amides is 2.